The zero-order chi connectivity index (χ0) is 13.9. The van der Waals surface area contributed by atoms with E-state index in [0.717, 1.165) is 26.0 Å². The molecule has 5 heteroatoms. The normalized spacial score (nSPS) is 10.2. The van der Waals surface area contributed by atoms with Crippen molar-refractivity contribution in [2.24, 2.45) is 0 Å². The first-order valence-corrected chi connectivity index (χ1v) is 6.84. The molecule has 1 rings (SSSR count). The van der Waals surface area contributed by atoms with E-state index in [4.69, 9.17) is 4.74 Å². The molecule has 19 heavy (non-hydrogen) atoms. The maximum atomic E-state index is 12.0. The van der Waals surface area contributed by atoms with Gasteiger partial charge >= 0.3 is 0 Å². The summed E-state index contributed by atoms with van der Waals surface area (Å²) in [6, 6.07) is 3.54. The highest BCUT2D eigenvalue weighted by Crippen LogP contribution is 2.10. The fourth-order valence-corrected chi connectivity index (χ4v) is 1.61. The fraction of sp³-hybridized carbons (Fsp3) is 0.571. The van der Waals surface area contributed by atoms with E-state index in [1.807, 2.05) is 6.92 Å². The van der Waals surface area contributed by atoms with Crippen LogP contribution in [0.5, 0.6) is 0 Å². The lowest BCUT2D eigenvalue weighted by atomic mass is 10.2. The van der Waals surface area contributed by atoms with Gasteiger partial charge in [-0.1, -0.05) is 6.92 Å². The summed E-state index contributed by atoms with van der Waals surface area (Å²) in [6.07, 6.45) is 3.52. The third-order valence-electron chi connectivity index (χ3n) is 2.50. The summed E-state index contributed by atoms with van der Waals surface area (Å²) in [5, 5.41) is 5.95. The number of anilines is 1. The number of rotatable bonds is 9. The minimum atomic E-state index is -0.0976. The number of nitrogens with one attached hydrogen (secondary N) is 2. The van der Waals surface area contributed by atoms with E-state index in [0.29, 0.717) is 24.5 Å². The standard InChI is InChI=1S/C14H23N3O2/c1-3-10-19-11-6-9-17-14(18)12-7-5-8-16-13(12)15-4-2/h5,7-8H,3-4,6,9-11H2,1-2H3,(H,15,16)(H,17,18). The summed E-state index contributed by atoms with van der Waals surface area (Å²) in [4.78, 5) is 16.2. The molecule has 106 valence electrons. The lowest BCUT2D eigenvalue weighted by molar-refractivity contribution is 0.0942. The maximum absolute atomic E-state index is 12.0. The van der Waals surface area contributed by atoms with Gasteiger partial charge < -0.3 is 15.4 Å². The molecule has 2 N–H and O–H groups in total. The molecule has 5 nitrogen and oxygen atoms in total. The zero-order valence-corrected chi connectivity index (χ0v) is 11.7. The minimum Gasteiger partial charge on any atom is -0.381 e. The van der Waals surface area contributed by atoms with Crippen LogP contribution in [-0.2, 0) is 4.74 Å². The first-order valence-electron chi connectivity index (χ1n) is 6.84. The van der Waals surface area contributed by atoms with Crippen molar-refractivity contribution < 1.29 is 9.53 Å². The smallest absolute Gasteiger partial charge is 0.255 e. The van der Waals surface area contributed by atoms with Crippen molar-refractivity contribution in [3.63, 3.8) is 0 Å². The van der Waals surface area contributed by atoms with Gasteiger partial charge in [-0.05, 0) is 31.9 Å². The average Bonchev–Trinajstić information content (AvgIpc) is 2.43. The third kappa shape index (κ3) is 5.70. The molecule has 0 aliphatic heterocycles. The Hall–Kier alpha value is -1.62. The molecule has 0 unspecified atom stereocenters. The van der Waals surface area contributed by atoms with Crippen LogP contribution in [0, 0.1) is 0 Å². The average molecular weight is 265 g/mol. The monoisotopic (exact) mass is 265 g/mol. The predicted octanol–water partition coefficient (Wildman–Crippen LogP) is 2.06. The van der Waals surface area contributed by atoms with Crippen LogP contribution in [-0.4, -0.2) is 37.2 Å². The summed E-state index contributed by atoms with van der Waals surface area (Å²) < 4.78 is 5.36. The summed E-state index contributed by atoms with van der Waals surface area (Å²) in [7, 11) is 0. The van der Waals surface area contributed by atoms with Gasteiger partial charge in [0.05, 0.1) is 5.56 Å². The summed E-state index contributed by atoms with van der Waals surface area (Å²) in [5.41, 5.74) is 0.582. The van der Waals surface area contributed by atoms with E-state index >= 15 is 0 Å². The molecule has 1 amide bonds. The van der Waals surface area contributed by atoms with E-state index in [1.54, 1.807) is 18.3 Å². The van der Waals surface area contributed by atoms with Crippen molar-refractivity contribution in [3.8, 4) is 0 Å². The van der Waals surface area contributed by atoms with Crippen LogP contribution in [0.1, 0.15) is 37.0 Å². The second-order valence-corrected chi connectivity index (χ2v) is 4.15. The molecule has 0 spiro atoms. The Labute approximate surface area is 114 Å². The number of pyridine rings is 1. The maximum Gasteiger partial charge on any atom is 0.255 e. The number of ether oxygens (including phenoxy) is 1. The van der Waals surface area contributed by atoms with Crippen LogP contribution in [0.4, 0.5) is 5.82 Å². The van der Waals surface area contributed by atoms with Crippen molar-refractivity contribution >= 4 is 11.7 Å². The van der Waals surface area contributed by atoms with Crippen molar-refractivity contribution in [2.45, 2.75) is 26.7 Å². The van der Waals surface area contributed by atoms with E-state index < -0.39 is 0 Å². The Morgan fingerprint density at radius 2 is 2.21 bits per heavy atom. The topological polar surface area (TPSA) is 63.2 Å². The molecule has 0 bridgehead atoms. The minimum absolute atomic E-state index is 0.0976. The molecule has 1 aromatic rings. The molecular weight excluding hydrogens is 242 g/mol. The van der Waals surface area contributed by atoms with Gasteiger partial charge in [0.2, 0.25) is 0 Å². The van der Waals surface area contributed by atoms with Gasteiger partial charge in [0, 0.05) is 32.5 Å². The molecular formula is C14H23N3O2. The summed E-state index contributed by atoms with van der Waals surface area (Å²) >= 11 is 0. The fourth-order valence-electron chi connectivity index (χ4n) is 1.61. The molecule has 0 aliphatic carbocycles. The molecule has 0 saturated heterocycles. The van der Waals surface area contributed by atoms with Crippen LogP contribution in [0.25, 0.3) is 0 Å². The lowest BCUT2D eigenvalue weighted by Crippen LogP contribution is -2.26. The van der Waals surface area contributed by atoms with Gasteiger partial charge in [-0.15, -0.1) is 0 Å². The van der Waals surface area contributed by atoms with E-state index in [9.17, 15) is 4.79 Å². The first-order chi connectivity index (χ1) is 9.29. The van der Waals surface area contributed by atoms with Gasteiger partial charge in [0.25, 0.3) is 5.91 Å². The highest BCUT2D eigenvalue weighted by atomic mass is 16.5. The highest BCUT2D eigenvalue weighted by molar-refractivity contribution is 5.98. The van der Waals surface area contributed by atoms with Crippen molar-refractivity contribution in [3.05, 3.63) is 23.9 Å². The summed E-state index contributed by atoms with van der Waals surface area (Å²) in [6.45, 7) is 6.86. The molecule has 0 aromatic carbocycles. The highest BCUT2D eigenvalue weighted by Gasteiger charge is 2.10. The second kappa shape index (κ2) is 9.33. The number of amides is 1. The molecule has 0 atom stereocenters. The number of carbonyl (C=O) groups excluding carboxylic acids is 1. The molecule has 1 aromatic heterocycles. The first kappa shape index (κ1) is 15.4. The van der Waals surface area contributed by atoms with Gasteiger partial charge in [-0.25, -0.2) is 4.98 Å². The van der Waals surface area contributed by atoms with Crippen LogP contribution < -0.4 is 10.6 Å². The number of hydrogen-bond donors (Lipinski definition) is 2. The Kier molecular flexibility index (Phi) is 7.58. The molecule has 1 heterocycles. The Balaban J connectivity index is 2.36. The molecule has 0 fully saturated rings. The zero-order valence-electron chi connectivity index (χ0n) is 11.7. The summed E-state index contributed by atoms with van der Waals surface area (Å²) in [5.74, 6) is 0.532. The molecule has 0 saturated carbocycles. The van der Waals surface area contributed by atoms with Crippen LogP contribution in [0.2, 0.25) is 0 Å². The van der Waals surface area contributed by atoms with Gasteiger partial charge in [0.1, 0.15) is 5.82 Å². The SMILES string of the molecule is CCCOCCCNC(=O)c1cccnc1NCC. The number of aromatic nitrogens is 1. The third-order valence-corrected chi connectivity index (χ3v) is 2.50. The molecule has 0 aliphatic rings. The van der Waals surface area contributed by atoms with Crippen molar-refractivity contribution in [1.82, 2.24) is 10.3 Å². The largest absolute Gasteiger partial charge is 0.381 e. The van der Waals surface area contributed by atoms with E-state index in [-0.39, 0.29) is 5.91 Å². The quantitative estimate of drug-likeness (QED) is 0.671. The van der Waals surface area contributed by atoms with Crippen molar-refractivity contribution in [1.29, 1.82) is 0 Å². The van der Waals surface area contributed by atoms with Gasteiger partial charge in [-0.2, -0.15) is 0 Å². The van der Waals surface area contributed by atoms with Crippen LogP contribution in [0.15, 0.2) is 18.3 Å². The van der Waals surface area contributed by atoms with Crippen LogP contribution in [0.3, 0.4) is 0 Å². The lowest BCUT2D eigenvalue weighted by Gasteiger charge is -2.10. The Morgan fingerprint density at radius 1 is 1.37 bits per heavy atom. The van der Waals surface area contributed by atoms with Gasteiger partial charge in [-0.3, -0.25) is 4.79 Å². The number of nitrogens with zero attached hydrogens (tertiary/aromatic N) is 1. The Bertz CT molecular complexity index is 383. The second-order valence-electron chi connectivity index (χ2n) is 4.15. The van der Waals surface area contributed by atoms with Crippen molar-refractivity contribution in [2.75, 3.05) is 31.6 Å². The van der Waals surface area contributed by atoms with Gasteiger partial charge in [0.15, 0.2) is 0 Å². The predicted molar refractivity (Wildman–Crippen MR) is 76.5 cm³/mol. The number of hydrogen-bond acceptors (Lipinski definition) is 4. The molecule has 0 radical (unpaired) electrons. The van der Waals surface area contributed by atoms with E-state index in [1.165, 1.54) is 0 Å². The Morgan fingerprint density at radius 3 is 2.95 bits per heavy atom. The number of carbonyl (C=O) groups is 1. The van der Waals surface area contributed by atoms with Crippen LogP contribution >= 0.6 is 0 Å². The van der Waals surface area contributed by atoms with E-state index in [2.05, 4.69) is 22.5 Å².